The molecule has 2 N–H and O–H groups in total. The second-order valence-corrected chi connectivity index (χ2v) is 4.37. The van der Waals surface area contributed by atoms with Crippen LogP contribution in [0.4, 0.5) is 5.82 Å². The van der Waals surface area contributed by atoms with Gasteiger partial charge in [0.05, 0.1) is 7.11 Å². The van der Waals surface area contributed by atoms with Gasteiger partial charge < -0.3 is 10.5 Å². The summed E-state index contributed by atoms with van der Waals surface area (Å²) in [6.07, 6.45) is 1.61. The zero-order valence-corrected chi connectivity index (χ0v) is 11.2. The van der Waals surface area contributed by atoms with Crippen molar-refractivity contribution in [1.29, 1.82) is 5.26 Å². The van der Waals surface area contributed by atoms with Crippen molar-refractivity contribution < 1.29 is 4.74 Å². The molecule has 2 rings (SSSR count). The molecule has 1 aromatic heterocycles. The van der Waals surface area contributed by atoms with Gasteiger partial charge in [-0.15, -0.1) is 0 Å². The molecule has 0 amide bonds. The zero-order valence-electron chi connectivity index (χ0n) is 11.2. The van der Waals surface area contributed by atoms with Gasteiger partial charge in [0, 0.05) is 11.8 Å². The summed E-state index contributed by atoms with van der Waals surface area (Å²) in [5, 5.41) is 9.21. The molecule has 0 fully saturated rings. The van der Waals surface area contributed by atoms with Crippen molar-refractivity contribution in [3.8, 4) is 22.9 Å². The first kappa shape index (κ1) is 12.9. The fraction of sp³-hybridized carbons (Fsp3) is 0.200. The largest absolute Gasteiger partial charge is 0.496 e. The molecule has 4 nitrogen and oxygen atoms in total. The van der Waals surface area contributed by atoms with Crippen molar-refractivity contribution in [1.82, 2.24) is 4.98 Å². The number of methoxy groups -OCH3 is 1. The van der Waals surface area contributed by atoms with Crippen molar-refractivity contribution in [2.75, 3.05) is 12.8 Å². The molecule has 4 heteroatoms. The van der Waals surface area contributed by atoms with E-state index in [-0.39, 0.29) is 5.82 Å². The molecule has 0 aliphatic heterocycles. The molecule has 0 aliphatic carbocycles. The van der Waals surface area contributed by atoms with Crippen LogP contribution in [0.2, 0.25) is 0 Å². The van der Waals surface area contributed by atoms with Crippen LogP contribution < -0.4 is 10.5 Å². The molecule has 2 aromatic rings. The van der Waals surface area contributed by atoms with Crippen molar-refractivity contribution in [2.45, 2.75) is 13.8 Å². The number of pyridine rings is 1. The molecule has 0 aliphatic rings. The van der Waals surface area contributed by atoms with Gasteiger partial charge in [-0.2, -0.15) is 5.26 Å². The van der Waals surface area contributed by atoms with Gasteiger partial charge in [-0.05, 0) is 48.7 Å². The lowest BCUT2D eigenvalue weighted by Crippen LogP contribution is -1.98. The SMILES string of the molecule is COc1c(C)cc(-c2ccnc(N)c2C#N)cc1C. The molecule has 96 valence electrons. The Bertz CT molecular complexity index is 649. The summed E-state index contributed by atoms with van der Waals surface area (Å²) in [6, 6.07) is 7.89. The number of hydrogen-bond donors (Lipinski definition) is 1. The monoisotopic (exact) mass is 253 g/mol. The van der Waals surface area contributed by atoms with Crippen LogP contribution in [0.25, 0.3) is 11.1 Å². The van der Waals surface area contributed by atoms with Crippen molar-refractivity contribution in [2.24, 2.45) is 0 Å². The van der Waals surface area contributed by atoms with Crippen molar-refractivity contribution in [3.63, 3.8) is 0 Å². The average Bonchev–Trinajstić information content (AvgIpc) is 2.38. The number of nitrogens with zero attached hydrogens (tertiary/aromatic N) is 2. The van der Waals surface area contributed by atoms with Gasteiger partial charge >= 0.3 is 0 Å². The topological polar surface area (TPSA) is 71.9 Å². The molecule has 0 spiro atoms. The maximum Gasteiger partial charge on any atom is 0.141 e. The summed E-state index contributed by atoms with van der Waals surface area (Å²) in [5.41, 5.74) is 9.94. The Morgan fingerprint density at radius 2 is 1.89 bits per heavy atom. The fourth-order valence-corrected chi connectivity index (χ4v) is 2.26. The van der Waals surface area contributed by atoms with Crippen LogP contribution in [-0.4, -0.2) is 12.1 Å². The number of nitrogen functional groups attached to an aromatic ring is 1. The van der Waals surface area contributed by atoms with E-state index >= 15 is 0 Å². The number of aromatic nitrogens is 1. The van der Waals surface area contributed by atoms with E-state index in [1.807, 2.05) is 26.0 Å². The fourth-order valence-electron chi connectivity index (χ4n) is 2.26. The van der Waals surface area contributed by atoms with E-state index in [2.05, 4.69) is 11.1 Å². The van der Waals surface area contributed by atoms with E-state index in [1.54, 1.807) is 19.4 Å². The Morgan fingerprint density at radius 1 is 1.26 bits per heavy atom. The quantitative estimate of drug-likeness (QED) is 0.893. The lowest BCUT2D eigenvalue weighted by atomic mass is 9.97. The molecule has 0 radical (unpaired) electrons. The first-order valence-electron chi connectivity index (χ1n) is 5.88. The Morgan fingerprint density at radius 3 is 2.42 bits per heavy atom. The summed E-state index contributed by atoms with van der Waals surface area (Å²) < 4.78 is 5.34. The molecule has 0 atom stereocenters. The van der Waals surface area contributed by atoms with Gasteiger partial charge in [0.25, 0.3) is 0 Å². The number of rotatable bonds is 2. The van der Waals surface area contributed by atoms with Gasteiger partial charge in [0.2, 0.25) is 0 Å². The number of ether oxygens (including phenoxy) is 1. The minimum absolute atomic E-state index is 0.256. The predicted molar refractivity (Wildman–Crippen MR) is 74.8 cm³/mol. The van der Waals surface area contributed by atoms with E-state index in [1.165, 1.54) is 0 Å². The number of nitriles is 1. The van der Waals surface area contributed by atoms with Gasteiger partial charge in [-0.1, -0.05) is 0 Å². The molecule has 1 aromatic carbocycles. The highest BCUT2D eigenvalue weighted by atomic mass is 16.5. The van der Waals surface area contributed by atoms with E-state index in [9.17, 15) is 5.26 Å². The second kappa shape index (κ2) is 4.99. The summed E-state index contributed by atoms with van der Waals surface area (Å²) in [7, 11) is 1.65. The molecule has 0 saturated heterocycles. The predicted octanol–water partition coefficient (Wildman–Crippen LogP) is 2.83. The lowest BCUT2D eigenvalue weighted by molar-refractivity contribution is 0.408. The maximum atomic E-state index is 9.21. The molecule has 1 heterocycles. The molecule has 0 unspecified atom stereocenters. The maximum absolute atomic E-state index is 9.21. The molecular weight excluding hydrogens is 238 g/mol. The number of anilines is 1. The molecule has 0 saturated carbocycles. The van der Waals surface area contributed by atoms with Gasteiger partial charge in [0.1, 0.15) is 23.2 Å². The average molecular weight is 253 g/mol. The summed E-state index contributed by atoms with van der Waals surface area (Å²) in [6.45, 7) is 3.96. The standard InChI is InChI=1S/C15H15N3O/c1-9-6-11(7-10(2)14(9)19-3)12-4-5-18-15(17)13(12)8-16/h4-7H,1-3H3,(H2,17,18). The Balaban J connectivity index is 2.68. The van der Waals surface area contributed by atoms with Gasteiger partial charge in [-0.3, -0.25) is 0 Å². The highest BCUT2D eigenvalue weighted by Gasteiger charge is 2.12. The minimum Gasteiger partial charge on any atom is -0.496 e. The summed E-state index contributed by atoms with van der Waals surface area (Å²) in [4.78, 5) is 3.95. The zero-order chi connectivity index (χ0) is 14.0. The Kier molecular flexibility index (Phi) is 3.39. The van der Waals surface area contributed by atoms with Crippen LogP contribution in [-0.2, 0) is 0 Å². The van der Waals surface area contributed by atoms with Crippen LogP contribution in [0.3, 0.4) is 0 Å². The third-order valence-corrected chi connectivity index (χ3v) is 3.07. The first-order valence-corrected chi connectivity index (χ1v) is 5.88. The van der Waals surface area contributed by atoms with Crippen LogP contribution in [0.5, 0.6) is 5.75 Å². The number of aryl methyl sites for hydroxylation is 2. The van der Waals surface area contributed by atoms with Crippen LogP contribution in [0.1, 0.15) is 16.7 Å². The van der Waals surface area contributed by atoms with Gasteiger partial charge in [0.15, 0.2) is 0 Å². The third kappa shape index (κ3) is 2.23. The highest BCUT2D eigenvalue weighted by Crippen LogP contribution is 2.32. The van der Waals surface area contributed by atoms with E-state index in [0.29, 0.717) is 5.56 Å². The van der Waals surface area contributed by atoms with E-state index in [4.69, 9.17) is 10.5 Å². The number of nitrogens with two attached hydrogens (primary N) is 1. The molecule has 0 bridgehead atoms. The lowest BCUT2D eigenvalue weighted by Gasteiger charge is -2.12. The number of benzene rings is 1. The molecule has 19 heavy (non-hydrogen) atoms. The van der Waals surface area contributed by atoms with Crippen LogP contribution in [0, 0.1) is 25.2 Å². The minimum atomic E-state index is 0.256. The summed E-state index contributed by atoms with van der Waals surface area (Å²) >= 11 is 0. The first-order chi connectivity index (χ1) is 9.08. The number of hydrogen-bond acceptors (Lipinski definition) is 4. The summed E-state index contributed by atoms with van der Waals surface area (Å²) in [5.74, 6) is 1.12. The van der Waals surface area contributed by atoms with Gasteiger partial charge in [-0.25, -0.2) is 4.98 Å². The Labute approximate surface area is 112 Å². The van der Waals surface area contributed by atoms with Crippen LogP contribution >= 0.6 is 0 Å². The van der Waals surface area contributed by atoms with Crippen LogP contribution in [0.15, 0.2) is 24.4 Å². The third-order valence-electron chi connectivity index (χ3n) is 3.07. The van der Waals surface area contributed by atoms with E-state index in [0.717, 1.165) is 28.0 Å². The van der Waals surface area contributed by atoms with Crippen molar-refractivity contribution in [3.05, 3.63) is 41.1 Å². The normalized spacial score (nSPS) is 10.0. The molecular formula is C15H15N3O. The Hall–Kier alpha value is -2.54. The highest BCUT2D eigenvalue weighted by molar-refractivity contribution is 5.76. The second-order valence-electron chi connectivity index (χ2n) is 4.37. The smallest absolute Gasteiger partial charge is 0.141 e. The van der Waals surface area contributed by atoms with E-state index < -0.39 is 0 Å². The van der Waals surface area contributed by atoms with Crippen molar-refractivity contribution >= 4 is 5.82 Å².